The van der Waals surface area contributed by atoms with E-state index in [0.717, 1.165) is 17.4 Å². The molecule has 1 nitrogen and oxygen atoms in total. The van der Waals surface area contributed by atoms with Gasteiger partial charge in [-0.1, -0.05) is 35.0 Å². The zero-order chi connectivity index (χ0) is 13.0. The summed E-state index contributed by atoms with van der Waals surface area (Å²) in [6, 6.07) is 9.33. The maximum atomic E-state index is 3.70. The fourth-order valence-electron chi connectivity index (χ4n) is 2.68. The molecule has 2 rings (SSSR count). The molecule has 1 heterocycles. The van der Waals surface area contributed by atoms with Gasteiger partial charge in [-0.25, -0.2) is 0 Å². The highest BCUT2D eigenvalue weighted by Crippen LogP contribution is 2.41. The average Bonchev–Trinajstić information content (AvgIpc) is 2.80. The molecule has 18 heavy (non-hydrogen) atoms. The smallest absolute Gasteiger partial charge is 0.0288 e. The highest BCUT2D eigenvalue weighted by molar-refractivity contribution is 9.10. The third-order valence-electron chi connectivity index (χ3n) is 3.79. The van der Waals surface area contributed by atoms with Crippen LogP contribution in [0.25, 0.3) is 0 Å². The topological polar surface area (TPSA) is 12.0 Å². The lowest BCUT2D eigenvalue weighted by molar-refractivity contribution is 0.406. The van der Waals surface area contributed by atoms with Crippen molar-refractivity contribution in [2.24, 2.45) is 0 Å². The van der Waals surface area contributed by atoms with E-state index in [2.05, 4.69) is 71.1 Å². The molecule has 0 spiro atoms. The molecule has 2 unspecified atom stereocenters. The van der Waals surface area contributed by atoms with E-state index >= 15 is 0 Å². The molecule has 1 N–H and O–H groups in total. The van der Waals surface area contributed by atoms with Gasteiger partial charge in [-0.2, -0.15) is 11.8 Å². The summed E-state index contributed by atoms with van der Waals surface area (Å²) >= 11 is 5.64. The molecular formula is C15H22BrNS. The van der Waals surface area contributed by atoms with Gasteiger partial charge in [0.15, 0.2) is 0 Å². The highest BCUT2D eigenvalue weighted by atomic mass is 79.9. The van der Waals surface area contributed by atoms with E-state index in [1.165, 1.54) is 24.2 Å². The quantitative estimate of drug-likeness (QED) is 0.867. The zero-order valence-electron chi connectivity index (χ0n) is 11.2. The summed E-state index contributed by atoms with van der Waals surface area (Å²) in [7, 11) is 0. The first-order valence-corrected chi connectivity index (χ1v) is 8.54. The Bertz CT molecular complexity index is 371. The fraction of sp³-hybridized carbons (Fsp3) is 0.600. The van der Waals surface area contributed by atoms with Crippen molar-refractivity contribution in [3.05, 3.63) is 34.3 Å². The normalized spacial score (nSPS) is 25.3. The van der Waals surface area contributed by atoms with Crippen molar-refractivity contribution in [1.29, 1.82) is 0 Å². The number of hydrogen-bond acceptors (Lipinski definition) is 2. The van der Waals surface area contributed by atoms with E-state index in [9.17, 15) is 0 Å². The molecular weight excluding hydrogens is 306 g/mol. The summed E-state index contributed by atoms with van der Waals surface area (Å²) in [5.41, 5.74) is 1.43. The number of likely N-dealkylation sites (N-methyl/N-ethyl adjacent to an activating group) is 1. The van der Waals surface area contributed by atoms with Gasteiger partial charge in [-0.05, 0) is 56.2 Å². The lowest BCUT2D eigenvalue weighted by atomic mass is 9.91. The van der Waals surface area contributed by atoms with Crippen molar-refractivity contribution in [2.45, 2.75) is 43.9 Å². The van der Waals surface area contributed by atoms with Gasteiger partial charge in [-0.15, -0.1) is 0 Å². The van der Waals surface area contributed by atoms with Gasteiger partial charge in [0.05, 0.1) is 0 Å². The molecule has 1 aromatic carbocycles. The minimum atomic E-state index is 0.406. The first-order chi connectivity index (χ1) is 8.64. The van der Waals surface area contributed by atoms with E-state index in [-0.39, 0.29) is 0 Å². The molecule has 0 bridgehead atoms. The van der Waals surface area contributed by atoms with Crippen LogP contribution >= 0.6 is 27.7 Å². The third kappa shape index (κ3) is 3.52. The van der Waals surface area contributed by atoms with Crippen LogP contribution < -0.4 is 5.32 Å². The fourth-order valence-corrected chi connectivity index (χ4v) is 4.36. The van der Waals surface area contributed by atoms with Crippen LogP contribution in [-0.2, 0) is 6.42 Å². The van der Waals surface area contributed by atoms with Crippen LogP contribution in [0.5, 0.6) is 0 Å². The molecule has 1 aromatic rings. The minimum absolute atomic E-state index is 0.406. The third-order valence-corrected chi connectivity index (χ3v) is 5.96. The van der Waals surface area contributed by atoms with E-state index in [1.54, 1.807) is 0 Å². The number of halogens is 1. The number of benzene rings is 1. The van der Waals surface area contributed by atoms with E-state index in [0.29, 0.717) is 10.8 Å². The number of nitrogens with one attached hydrogen (secondary N) is 1. The lowest BCUT2D eigenvalue weighted by Gasteiger charge is -2.34. The van der Waals surface area contributed by atoms with Gasteiger partial charge in [0.2, 0.25) is 0 Å². The summed E-state index contributed by atoms with van der Waals surface area (Å²) in [6.07, 6.45) is 3.83. The average molecular weight is 328 g/mol. The molecule has 2 atom stereocenters. The molecule has 0 aliphatic carbocycles. The zero-order valence-corrected chi connectivity index (χ0v) is 13.6. The monoisotopic (exact) mass is 327 g/mol. The Morgan fingerprint density at radius 2 is 2.11 bits per heavy atom. The molecule has 0 amide bonds. The van der Waals surface area contributed by atoms with Crippen LogP contribution in [-0.4, -0.2) is 23.1 Å². The Morgan fingerprint density at radius 3 is 2.67 bits per heavy atom. The van der Waals surface area contributed by atoms with Crippen molar-refractivity contribution < 1.29 is 0 Å². The second-order valence-corrected chi connectivity index (χ2v) is 7.75. The summed E-state index contributed by atoms with van der Waals surface area (Å²) in [6.45, 7) is 5.69. The Hall–Kier alpha value is 0.01000. The predicted octanol–water partition coefficient (Wildman–Crippen LogP) is 4.26. The maximum absolute atomic E-state index is 3.70. The van der Waals surface area contributed by atoms with E-state index in [4.69, 9.17) is 0 Å². The predicted molar refractivity (Wildman–Crippen MR) is 85.4 cm³/mol. The first kappa shape index (κ1) is 14.4. The minimum Gasteiger partial charge on any atom is -0.313 e. The summed E-state index contributed by atoms with van der Waals surface area (Å²) in [4.78, 5) is 0. The van der Waals surface area contributed by atoms with Gasteiger partial charge in [0.25, 0.3) is 0 Å². The molecule has 0 aromatic heterocycles. The Balaban J connectivity index is 2.08. The molecule has 1 fully saturated rings. The molecule has 1 aliphatic heterocycles. The molecule has 3 heteroatoms. The van der Waals surface area contributed by atoms with Gasteiger partial charge >= 0.3 is 0 Å². The standard InChI is InChI=1S/C15H22BrNS/c1-3-17-14(15(2)9-4-10-18-15)11-12-5-7-13(16)8-6-12/h5-8,14,17H,3-4,9-11H2,1-2H3. The number of hydrogen-bond donors (Lipinski definition) is 1. The van der Waals surface area contributed by atoms with Crippen LogP contribution in [0.1, 0.15) is 32.3 Å². The van der Waals surface area contributed by atoms with Gasteiger partial charge < -0.3 is 5.32 Å². The van der Waals surface area contributed by atoms with Crippen molar-refractivity contribution >= 4 is 27.7 Å². The van der Waals surface area contributed by atoms with Crippen molar-refractivity contribution in [3.63, 3.8) is 0 Å². The maximum Gasteiger partial charge on any atom is 0.0288 e. The number of thioether (sulfide) groups is 1. The van der Waals surface area contributed by atoms with Gasteiger partial charge in [0.1, 0.15) is 0 Å². The Morgan fingerprint density at radius 1 is 1.39 bits per heavy atom. The van der Waals surface area contributed by atoms with Crippen molar-refractivity contribution in [1.82, 2.24) is 5.32 Å². The Labute approximate surface area is 123 Å². The molecule has 0 radical (unpaired) electrons. The van der Waals surface area contributed by atoms with Gasteiger partial charge in [-0.3, -0.25) is 0 Å². The lowest BCUT2D eigenvalue weighted by Crippen LogP contribution is -2.46. The largest absolute Gasteiger partial charge is 0.313 e. The first-order valence-electron chi connectivity index (χ1n) is 6.76. The second-order valence-electron chi connectivity index (χ2n) is 5.21. The van der Waals surface area contributed by atoms with Crippen LogP contribution in [0.15, 0.2) is 28.7 Å². The molecule has 1 saturated heterocycles. The van der Waals surface area contributed by atoms with Crippen LogP contribution in [0.3, 0.4) is 0 Å². The van der Waals surface area contributed by atoms with Crippen LogP contribution in [0, 0.1) is 0 Å². The molecule has 0 saturated carbocycles. The highest BCUT2D eigenvalue weighted by Gasteiger charge is 2.37. The van der Waals surface area contributed by atoms with Gasteiger partial charge in [0, 0.05) is 15.3 Å². The molecule has 1 aliphatic rings. The molecule has 100 valence electrons. The second kappa shape index (κ2) is 6.44. The summed E-state index contributed by atoms with van der Waals surface area (Å²) in [5, 5.41) is 3.70. The summed E-state index contributed by atoms with van der Waals surface area (Å²) < 4.78 is 1.57. The van der Waals surface area contributed by atoms with Crippen LogP contribution in [0.2, 0.25) is 0 Å². The van der Waals surface area contributed by atoms with Crippen molar-refractivity contribution in [2.75, 3.05) is 12.3 Å². The van der Waals surface area contributed by atoms with Crippen LogP contribution in [0.4, 0.5) is 0 Å². The summed E-state index contributed by atoms with van der Waals surface area (Å²) in [5.74, 6) is 1.32. The van der Waals surface area contributed by atoms with Crippen molar-refractivity contribution in [3.8, 4) is 0 Å². The SMILES string of the molecule is CCNC(Cc1ccc(Br)cc1)C1(C)CCCS1. The number of rotatable bonds is 5. The Kier molecular flexibility index (Phi) is 5.16. The van der Waals surface area contributed by atoms with E-state index in [1.807, 2.05) is 0 Å². The van der Waals surface area contributed by atoms with E-state index < -0.39 is 0 Å².